The van der Waals surface area contributed by atoms with E-state index in [9.17, 15) is 18.3 Å². The number of carboxylic acid groups (broad SMARTS) is 1. The van der Waals surface area contributed by atoms with Gasteiger partial charge in [0.05, 0.1) is 0 Å². The molecule has 1 saturated carbocycles. The summed E-state index contributed by atoms with van der Waals surface area (Å²) in [6.07, 6.45) is 6.03. The lowest BCUT2D eigenvalue weighted by atomic mass is 9.84. The van der Waals surface area contributed by atoms with Crippen molar-refractivity contribution in [1.82, 2.24) is 9.03 Å². The van der Waals surface area contributed by atoms with Crippen LogP contribution < -0.4 is 4.72 Å². The summed E-state index contributed by atoms with van der Waals surface area (Å²) in [4.78, 5) is 11.5. The summed E-state index contributed by atoms with van der Waals surface area (Å²) in [7, 11) is -3.74. The molecule has 1 unspecified atom stereocenters. The number of hydrogen-bond donors (Lipinski definition) is 2. The van der Waals surface area contributed by atoms with E-state index in [-0.39, 0.29) is 5.92 Å². The zero-order chi connectivity index (χ0) is 15.9. The van der Waals surface area contributed by atoms with Crippen molar-refractivity contribution < 1.29 is 18.3 Å². The molecule has 1 fully saturated rings. The van der Waals surface area contributed by atoms with Gasteiger partial charge in [-0.3, -0.25) is 4.79 Å². The molecule has 0 aliphatic heterocycles. The van der Waals surface area contributed by atoms with Gasteiger partial charge in [-0.15, -0.1) is 0 Å². The summed E-state index contributed by atoms with van der Waals surface area (Å²) in [5.41, 5.74) is 0. The van der Waals surface area contributed by atoms with Gasteiger partial charge in [-0.25, -0.2) is 0 Å². The summed E-state index contributed by atoms with van der Waals surface area (Å²) in [6, 6.07) is -1.01. The van der Waals surface area contributed by atoms with Crippen molar-refractivity contribution in [1.29, 1.82) is 0 Å². The zero-order valence-corrected chi connectivity index (χ0v) is 13.9. The second-order valence-electron chi connectivity index (χ2n) is 5.74. The average Bonchev–Trinajstić information content (AvgIpc) is 2.45. The van der Waals surface area contributed by atoms with Crippen LogP contribution in [0.1, 0.15) is 58.8 Å². The van der Waals surface area contributed by atoms with Crippen LogP contribution in [-0.4, -0.2) is 42.9 Å². The van der Waals surface area contributed by atoms with Crippen molar-refractivity contribution in [2.24, 2.45) is 5.92 Å². The zero-order valence-electron chi connectivity index (χ0n) is 13.0. The van der Waals surface area contributed by atoms with Crippen molar-refractivity contribution in [2.45, 2.75) is 64.8 Å². The molecule has 2 N–H and O–H groups in total. The van der Waals surface area contributed by atoms with E-state index in [0.717, 1.165) is 32.1 Å². The molecule has 0 bridgehead atoms. The van der Waals surface area contributed by atoms with Crippen LogP contribution in [0.15, 0.2) is 0 Å². The molecule has 6 nitrogen and oxygen atoms in total. The maximum absolute atomic E-state index is 12.4. The average molecular weight is 320 g/mol. The molecule has 124 valence electrons. The van der Waals surface area contributed by atoms with Crippen molar-refractivity contribution in [3.63, 3.8) is 0 Å². The first kappa shape index (κ1) is 18.4. The number of carboxylic acids is 1. The lowest BCUT2D eigenvalue weighted by Gasteiger charge is -2.30. The predicted octanol–water partition coefficient (Wildman–Crippen LogP) is 1.98. The maximum Gasteiger partial charge on any atom is 0.322 e. The molecular weight excluding hydrogens is 292 g/mol. The Balaban J connectivity index is 2.82. The molecule has 0 aromatic heterocycles. The maximum atomic E-state index is 12.4. The van der Waals surface area contributed by atoms with Crippen LogP contribution in [0.3, 0.4) is 0 Å². The number of aliphatic carboxylic acids is 1. The predicted molar refractivity (Wildman–Crippen MR) is 82.2 cm³/mol. The van der Waals surface area contributed by atoms with Gasteiger partial charge in [0.15, 0.2) is 0 Å². The third kappa shape index (κ3) is 5.56. The lowest BCUT2D eigenvalue weighted by molar-refractivity contribution is -0.140. The van der Waals surface area contributed by atoms with E-state index in [2.05, 4.69) is 4.72 Å². The minimum Gasteiger partial charge on any atom is -0.480 e. The molecule has 0 heterocycles. The third-order valence-corrected chi connectivity index (χ3v) is 5.55. The highest BCUT2D eigenvalue weighted by atomic mass is 32.2. The number of nitrogens with zero attached hydrogens (tertiary/aromatic N) is 1. The van der Waals surface area contributed by atoms with Crippen molar-refractivity contribution in [3.8, 4) is 0 Å². The van der Waals surface area contributed by atoms with Gasteiger partial charge in [-0.1, -0.05) is 33.1 Å². The summed E-state index contributed by atoms with van der Waals surface area (Å²) in [5.74, 6) is -1.17. The summed E-state index contributed by atoms with van der Waals surface area (Å²) in [6.45, 7) is 4.66. The molecule has 1 rings (SSSR count). The standard InChI is InChI=1S/C14H28N2O4S/c1-3-10-16(11-4-2)21(19,20)15-13(14(17)18)12-8-6-5-7-9-12/h12-13,15H,3-11H2,1-2H3,(H,17,18). The minimum absolute atomic E-state index is 0.101. The molecule has 0 spiro atoms. The molecule has 0 aromatic carbocycles. The fourth-order valence-corrected chi connectivity index (χ4v) is 4.51. The van der Waals surface area contributed by atoms with E-state index in [1.165, 1.54) is 4.31 Å². The Bertz CT molecular complexity index is 413. The van der Waals surface area contributed by atoms with Gasteiger partial charge in [0, 0.05) is 13.1 Å². The van der Waals surface area contributed by atoms with Gasteiger partial charge in [0.1, 0.15) is 6.04 Å². The van der Waals surface area contributed by atoms with E-state index in [0.29, 0.717) is 25.9 Å². The Hall–Kier alpha value is -0.660. The fourth-order valence-electron chi connectivity index (χ4n) is 2.90. The minimum atomic E-state index is -3.74. The van der Waals surface area contributed by atoms with Crippen LogP contribution >= 0.6 is 0 Å². The van der Waals surface area contributed by atoms with E-state index in [4.69, 9.17) is 0 Å². The number of nitrogens with one attached hydrogen (secondary N) is 1. The van der Waals surface area contributed by atoms with Gasteiger partial charge >= 0.3 is 5.97 Å². The first-order valence-electron chi connectivity index (χ1n) is 7.92. The van der Waals surface area contributed by atoms with Crippen molar-refractivity contribution >= 4 is 16.2 Å². The molecule has 7 heteroatoms. The highest BCUT2D eigenvalue weighted by Crippen LogP contribution is 2.27. The van der Waals surface area contributed by atoms with Gasteiger partial charge in [0.25, 0.3) is 10.2 Å². The van der Waals surface area contributed by atoms with Gasteiger partial charge in [0.2, 0.25) is 0 Å². The summed E-state index contributed by atoms with van der Waals surface area (Å²) in [5, 5.41) is 9.38. The second-order valence-corrected chi connectivity index (χ2v) is 7.44. The quantitative estimate of drug-likeness (QED) is 0.680. The first-order chi connectivity index (χ1) is 9.92. The number of hydrogen-bond acceptors (Lipinski definition) is 3. The number of carbonyl (C=O) groups is 1. The van der Waals surface area contributed by atoms with Crippen LogP contribution in [0.2, 0.25) is 0 Å². The SMILES string of the molecule is CCCN(CCC)S(=O)(=O)NC(C(=O)O)C1CCCCC1. The Morgan fingerprint density at radius 1 is 1.19 bits per heavy atom. The molecule has 1 aliphatic rings. The van der Waals surface area contributed by atoms with Crippen LogP contribution in [0.25, 0.3) is 0 Å². The van der Waals surface area contributed by atoms with Gasteiger partial charge < -0.3 is 5.11 Å². The summed E-state index contributed by atoms with van der Waals surface area (Å²) < 4.78 is 28.6. The molecule has 1 aliphatic carbocycles. The molecule has 0 amide bonds. The van der Waals surface area contributed by atoms with Crippen LogP contribution in [0, 0.1) is 5.92 Å². The largest absolute Gasteiger partial charge is 0.480 e. The van der Waals surface area contributed by atoms with E-state index in [1.807, 2.05) is 13.8 Å². The monoisotopic (exact) mass is 320 g/mol. The first-order valence-corrected chi connectivity index (χ1v) is 9.36. The van der Waals surface area contributed by atoms with E-state index < -0.39 is 22.2 Å². The Morgan fingerprint density at radius 2 is 1.71 bits per heavy atom. The molecule has 0 saturated heterocycles. The van der Waals surface area contributed by atoms with Crippen LogP contribution in [-0.2, 0) is 15.0 Å². The van der Waals surface area contributed by atoms with Gasteiger partial charge in [-0.2, -0.15) is 17.4 Å². The highest BCUT2D eigenvalue weighted by Gasteiger charge is 2.34. The Labute approximate surface area is 128 Å². The molecule has 0 aromatic rings. The highest BCUT2D eigenvalue weighted by molar-refractivity contribution is 7.87. The Kier molecular flexibility index (Phi) is 7.62. The van der Waals surface area contributed by atoms with E-state index >= 15 is 0 Å². The topological polar surface area (TPSA) is 86.7 Å². The normalized spacial score (nSPS) is 18.8. The smallest absolute Gasteiger partial charge is 0.322 e. The van der Waals surface area contributed by atoms with Crippen LogP contribution in [0.4, 0.5) is 0 Å². The Morgan fingerprint density at radius 3 is 2.14 bits per heavy atom. The van der Waals surface area contributed by atoms with Crippen molar-refractivity contribution in [2.75, 3.05) is 13.1 Å². The number of rotatable bonds is 9. The van der Waals surface area contributed by atoms with Crippen molar-refractivity contribution in [3.05, 3.63) is 0 Å². The lowest BCUT2D eigenvalue weighted by Crippen LogP contribution is -2.52. The molecule has 1 atom stereocenters. The van der Waals surface area contributed by atoms with Gasteiger partial charge in [-0.05, 0) is 31.6 Å². The van der Waals surface area contributed by atoms with Crippen LogP contribution in [0.5, 0.6) is 0 Å². The molecule has 0 radical (unpaired) electrons. The molecule has 21 heavy (non-hydrogen) atoms. The summed E-state index contributed by atoms with van der Waals surface area (Å²) >= 11 is 0. The fraction of sp³-hybridized carbons (Fsp3) is 0.929. The van der Waals surface area contributed by atoms with E-state index in [1.54, 1.807) is 0 Å². The molecular formula is C14H28N2O4S. The second kappa shape index (κ2) is 8.70. The third-order valence-electron chi connectivity index (χ3n) is 3.95.